The van der Waals surface area contributed by atoms with Gasteiger partial charge in [-0.3, -0.25) is 9.59 Å². The lowest BCUT2D eigenvalue weighted by molar-refractivity contribution is -0.123. The van der Waals surface area contributed by atoms with Gasteiger partial charge in [0.15, 0.2) is 0 Å². The van der Waals surface area contributed by atoms with Crippen molar-refractivity contribution in [2.24, 2.45) is 0 Å². The van der Waals surface area contributed by atoms with Crippen molar-refractivity contribution in [1.82, 2.24) is 10.6 Å². The van der Waals surface area contributed by atoms with E-state index < -0.39 is 5.66 Å². The largest absolute Gasteiger partial charge is 0.329 e. The Morgan fingerprint density at radius 1 is 1.20 bits per heavy atom. The number of allylic oxidation sites excluding steroid dienone is 2. The average Bonchev–Trinajstić information content (AvgIpc) is 2.08. The molecule has 2 N–H and O–H groups in total. The molecule has 2 amide bonds. The van der Waals surface area contributed by atoms with E-state index in [4.69, 9.17) is 0 Å². The predicted octanol–water partition coefficient (Wildman–Crippen LogP) is 0.884. The fourth-order valence-electron chi connectivity index (χ4n) is 1.45. The summed E-state index contributed by atoms with van der Waals surface area (Å²) in [6.45, 7) is 2.86. The Kier molecular flexibility index (Phi) is 3.90. The SMILES string of the molecule is CC(=O)NC1(NC(C)=O)C=CC=CC1I. The predicted molar refractivity (Wildman–Crippen MR) is 66.5 cm³/mol. The highest BCUT2D eigenvalue weighted by molar-refractivity contribution is 14.1. The smallest absolute Gasteiger partial charge is 0.218 e. The van der Waals surface area contributed by atoms with Gasteiger partial charge in [0.1, 0.15) is 5.66 Å². The van der Waals surface area contributed by atoms with E-state index in [1.165, 1.54) is 13.8 Å². The summed E-state index contributed by atoms with van der Waals surface area (Å²) < 4.78 is -0.00657. The topological polar surface area (TPSA) is 58.2 Å². The van der Waals surface area contributed by atoms with Crippen molar-refractivity contribution in [3.05, 3.63) is 24.3 Å². The number of hydrogen-bond acceptors (Lipinski definition) is 2. The van der Waals surface area contributed by atoms with Crippen LogP contribution in [-0.2, 0) is 9.59 Å². The van der Waals surface area contributed by atoms with E-state index in [1.54, 1.807) is 12.2 Å². The molecular weight excluding hydrogens is 307 g/mol. The zero-order chi connectivity index (χ0) is 11.5. The molecule has 1 aliphatic rings. The van der Waals surface area contributed by atoms with Gasteiger partial charge in [0.2, 0.25) is 11.8 Å². The molecule has 0 fully saturated rings. The lowest BCUT2D eigenvalue weighted by atomic mass is 10.0. The van der Waals surface area contributed by atoms with Gasteiger partial charge >= 0.3 is 0 Å². The van der Waals surface area contributed by atoms with Gasteiger partial charge in [-0.15, -0.1) is 0 Å². The second-order valence-electron chi connectivity index (χ2n) is 3.38. The summed E-state index contributed by atoms with van der Waals surface area (Å²) in [5.41, 5.74) is -0.799. The molecule has 0 spiro atoms. The summed E-state index contributed by atoms with van der Waals surface area (Å²) in [6, 6.07) is 0. The number of nitrogens with one attached hydrogen (secondary N) is 2. The van der Waals surface area contributed by atoms with Crippen LogP contribution >= 0.6 is 22.6 Å². The molecule has 0 heterocycles. The molecule has 0 aromatic rings. The van der Waals surface area contributed by atoms with Crippen LogP contribution in [-0.4, -0.2) is 21.4 Å². The Morgan fingerprint density at radius 2 is 1.73 bits per heavy atom. The summed E-state index contributed by atoms with van der Waals surface area (Å²) in [5, 5.41) is 5.52. The van der Waals surface area contributed by atoms with E-state index in [0.717, 1.165) is 0 Å². The second kappa shape index (κ2) is 4.78. The minimum atomic E-state index is -0.799. The molecule has 0 aromatic heterocycles. The quantitative estimate of drug-likeness (QED) is 0.451. The van der Waals surface area contributed by atoms with Gasteiger partial charge in [-0.25, -0.2) is 0 Å². The fraction of sp³-hybridized carbons (Fsp3) is 0.400. The number of carbonyl (C=O) groups is 2. The fourth-order valence-corrected chi connectivity index (χ4v) is 2.21. The zero-order valence-corrected chi connectivity index (χ0v) is 10.7. The maximum absolute atomic E-state index is 11.1. The van der Waals surface area contributed by atoms with Gasteiger partial charge in [-0.2, -0.15) is 0 Å². The van der Waals surface area contributed by atoms with E-state index in [1.807, 2.05) is 12.2 Å². The van der Waals surface area contributed by atoms with Crippen molar-refractivity contribution in [3.63, 3.8) is 0 Å². The van der Waals surface area contributed by atoms with Crippen LogP contribution in [0.1, 0.15) is 13.8 Å². The molecule has 1 unspecified atom stereocenters. The molecule has 82 valence electrons. The van der Waals surface area contributed by atoms with Gasteiger partial charge in [0, 0.05) is 13.8 Å². The van der Waals surface area contributed by atoms with Crippen molar-refractivity contribution < 1.29 is 9.59 Å². The number of alkyl halides is 1. The summed E-state index contributed by atoms with van der Waals surface area (Å²) in [4.78, 5) is 22.2. The van der Waals surface area contributed by atoms with Crippen molar-refractivity contribution in [2.45, 2.75) is 23.4 Å². The molecule has 0 saturated carbocycles. The third-order valence-corrected chi connectivity index (χ3v) is 3.35. The molecule has 1 aliphatic carbocycles. The summed E-state index contributed by atoms with van der Waals surface area (Å²) in [7, 11) is 0. The first-order chi connectivity index (χ1) is 6.96. The Bertz CT molecular complexity index is 320. The van der Waals surface area contributed by atoms with Gasteiger partial charge < -0.3 is 10.6 Å². The van der Waals surface area contributed by atoms with Crippen LogP contribution in [0.2, 0.25) is 0 Å². The lowest BCUT2D eigenvalue weighted by Crippen LogP contribution is -2.63. The summed E-state index contributed by atoms with van der Waals surface area (Å²) >= 11 is 2.17. The number of carbonyl (C=O) groups excluding carboxylic acids is 2. The number of amides is 2. The highest BCUT2D eigenvalue weighted by atomic mass is 127. The molecule has 1 atom stereocenters. The Labute approximate surface area is 102 Å². The Morgan fingerprint density at radius 3 is 2.13 bits per heavy atom. The number of hydrogen-bond donors (Lipinski definition) is 2. The molecule has 0 bridgehead atoms. The maximum Gasteiger partial charge on any atom is 0.218 e. The van der Waals surface area contributed by atoms with Crippen molar-refractivity contribution >= 4 is 34.4 Å². The standard InChI is InChI=1S/C10H13IN2O2/c1-7(14)12-10(13-8(2)15)6-4-3-5-9(10)11/h3-6,9H,1-2H3,(H,12,14)(H,13,15). The summed E-state index contributed by atoms with van der Waals surface area (Å²) in [6.07, 6.45) is 7.40. The van der Waals surface area contributed by atoms with Crippen LogP contribution < -0.4 is 10.6 Å². The molecule has 0 saturated heterocycles. The zero-order valence-electron chi connectivity index (χ0n) is 8.58. The van der Waals surface area contributed by atoms with Crippen LogP contribution in [0.15, 0.2) is 24.3 Å². The molecule has 4 nitrogen and oxygen atoms in total. The van der Waals surface area contributed by atoms with Gasteiger partial charge in [0.25, 0.3) is 0 Å². The Hall–Kier alpha value is -0.850. The number of halogens is 1. The third kappa shape index (κ3) is 3.05. The van der Waals surface area contributed by atoms with E-state index in [2.05, 4.69) is 33.2 Å². The second-order valence-corrected chi connectivity index (χ2v) is 4.72. The Balaban J connectivity index is 2.94. The first kappa shape index (κ1) is 12.2. The summed E-state index contributed by atoms with van der Waals surface area (Å²) in [5.74, 6) is -0.351. The molecule has 15 heavy (non-hydrogen) atoms. The van der Waals surface area contributed by atoms with Crippen LogP contribution in [0.25, 0.3) is 0 Å². The first-order valence-electron chi connectivity index (χ1n) is 4.54. The molecule has 0 aromatic carbocycles. The molecular formula is C10H13IN2O2. The van der Waals surface area contributed by atoms with Crippen LogP contribution in [0, 0.1) is 0 Å². The third-order valence-electron chi connectivity index (χ3n) is 1.95. The van der Waals surface area contributed by atoms with Gasteiger partial charge in [0.05, 0.1) is 3.92 Å². The molecule has 0 aliphatic heterocycles. The van der Waals surface area contributed by atoms with E-state index >= 15 is 0 Å². The maximum atomic E-state index is 11.1. The van der Waals surface area contributed by atoms with Crippen LogP contribution in [0.4, 0.5) is 0 Å². The van der Waals surface area contributed by atoms with Crippen LogP contribution in [0.5, 0.6) is 0 Å². The monoisotopic (exact) mass is 320 g/mol. The van der Waals surface area contributed by atoms with Gasteiger partial charge in [-0.05, 0) is 6.08 Å². The number of rotatable bonds is 2. The minimum absolute atomic E-state index is 0.00657. The van der Waals surface area contributed by atoms with Crippen molar-refractivity contribution in [3.8, 4) is 0 Å². The van der Waals surface area contributed by atoms with Gasteiger partial charge in [-0.1, -0.05) is 40.8 Å². The van der Waals surface area contributed by atoms with Crippen LogP contribution in [0.3, 0.4) is 0 Å². The van der Waals surface area contributed by atoms with E-state index in [9.17, 15) is 9.59 Å². The normalized spacial score (nSPS) is 22.2. The minimum Gasteiger partial charge on any atom is -0.329 e. The molecule has 0 radical (unpaired) electrons. The van der Waals surface area contributed by atoms with E-state index in [0.29, 0.717) is 0 Å². The highest BCUT2D eigenvalue weighted by Gasteiger charge is 2.36. The average molecular weight is 320 g/mol. The molecule has 5 heteroatoms. The van der Waals surface area contributed by atoms with Crippen molar-refractivity contribution in [1.29, 1.82) is 0 Å². The lowest BCUT2D eigenvalue weighted by Gasteiger charge is -2.36. The molecule has 1 rings (SSSR count). The van der Waals surface area contributed by atoms with Crippen molar-refractivity contribution in [2.75, 3.05) is 0 Å². The van der Waals surface area contributed by atoms with E-state index in [-0.39, 0.29) is 15.7 Å². The highest BCUT2D eigenvalue weighted by Crippen LogP contribution is 2.23. The first-order valence-corrected chi connectivity index (χ1v) is 5.78.